The number of rotatable bonds is 3. The largest absolute Gasteiger partial charge is 0.115 e. The SMILES string of the molecule is S[P+]1(c2ccccc2)Cc2ccc3ccccc3c2-c2c(ccc3ccccc23)[C@@H]1Cc1ccccc1. The molecule has 6 aromatic carbocycles. The highest BCUT2D eigenvalue weighted by Crippen LogP contribution is 2.77. The molecule has 7 rings (SSSR count). The van der Waals surface area contributed by atoms with Gasteiger partial charge in [0, 0.05) is 24.2 Å². The number of thiol groups is 1. The molecular formula is C35H28PS+. The van der Waals surface area contributed by atoms with Crippen LogP contribution in [0.5, 0.6) is 0 Å². The lowest BCUT2D eigenvalue weighted by Crippen LogP contribution is -2.17. The third-order valence-electron chi connectivity index (χ3n) is 7.99. The molecule has 6 aromatic rings. The van der Waals surface area contributed by atoms with Gasteiger partial charge < -0.3 is 0 Å². The standard InChI is InChI=1S/C35H28PS/c37-36(29-15-5-2-6-16-29)24-28-20-19-26-13-7-9-17-30(26)34(28)35-31-18-10-8-14-27(31)21-22-32(35)33(36)23-25-11-3-1-4-12-25/h1-22,33,37H,23-24H2/q+1/t33-,36?/m0/s1. The molecule has 178 valence electrons. The molecule has 1 unspecified atom stereocenters. The molecule has 0 amide bonds. The first kappa shape index (κ1) is 22.8. The van der Waals surface area contributed by atoms with Gasteiger partial charge in [0.05, 0.1) is 0 Å². The van der Waals surface area contributed by atoms with E-state index in [4.69, 9.17) is 12.2 Å². The van der Waals surface area contributed by atoms with Gasteiger partial charge in [-0.05, 0) is 55.9 Å². The summed E-state index contributed by atoms with van der Waals surface area (Å²) in [4.78, 5) is 0. The van der Waals surface area contributed by atoms with Crippen LogP contribution in [0.2, 0.25) is 0 Å². The first-order valence-corrected chi connectivity index (χ1v) is 16.1. The maximum atomic E-state index is 5.78. The summed E-state index contributed by atoms with van der Waals surface area (Å²) in [6.07, 6.45) is 1.95. The Labute approximate surface area is 224 Å². The van der Waals surface area contributed by atoms with Crippen molar-refractivity contribution in [3.8, 4) is 11.1 Å². The molecule has 1 aliphatic rings. The molecule has 0 spiro atoms. The fourth-order valence-corrected chi connectivity index (χ4v) is 11.1. The smallest absolute Gasteiger partial charge is 0.0622 e. The molecule has 2 atom stereocenters. The van der Waals surface area contributed by atoms with Crippen molar-refractivity contribution in [1.29, 1.82) is 0 Å². The maximum Gasteiger partial charge on any atom is 0.115 e. The van der Waals surface area contributed by atoms with Gasteiger partial charge in [0.2, 0.25) is 0 Å². The van der Waals surface area contributed by atoms with Crippen LogP contribution in [0.3, 0.4) is 0 Å². The van der Waals surface area contributed by atoms with Crippen molar-refractivity contribution < 1.29 is 0 Å². The van der Waals surface area contributed by atoms with Crippen molar-refractivity contribution in [1.82, 2.24) is 0 Å². The van der Waals surface area contributed by atoms with E-state index in [0.717, 1.165) is 12.6 Å². The van der Waals surface area contributed by atoms with E-state index in [1.54, 1.807) is 0 Å². The third kappa shape index (κ3) is 3.81. The Balaban J connectivity index is 1.62. The predicted octanol–water partition coefficient (Wildman–Crippen LogP) is 9.65. The zero-order chi connectivity index (χ0) is 24.8. The minimum atomic E-state index is -1.96. The molecule has 0 fully saturated rings. The molecular weight excluding hydrogens is 483 g/mol. The van der Waals surface area contributed by atoms with Crippen LogP contribution in [0.25, 0.3) is 32.7 Å². The number of benzene rings is 6. The highest BCUT2D eigenvalue weighted by Gasteiger charge is 2.50. The average molecular weight is 512 g/mol. The van der Waals surface area contributed by atoms with E-state index in [1.165, 1.54) is 54.7 Å². The Morgan fingerprint density at radius 3 is 1.84 bits per heavy atom. The van der Waals surface area contributed by atoms with Gasteiger partial charge >= 0.3 is 0 Å². The molecule has 0 saturated heterocycles. The predicted molar refractivity (Wildman–Crippen MR) is 165 cm³/mol. The topological polar surface area (TPSA) is 0 Å². The lowest BCUT2D eigenvalue weighted by Gasteiger charge is -2.30. The van der Waals surface area contributed by atoms with Gasteiger partial charge in [-0.25, -0.2) is 0 Å². The average Bonchev–Trinajstić information content (AvgIpc) is 3.07. The highest BCUT2D eigenvalue weighted by atomic mass is 32.7. The van der Waals surface area contributed by atoms with Gasteiger partial charge in [0.25, 0.3) is 0 Å². The van der Waals surface area contributed by atoms with E-state index in [9.17, 15) is 0 Å². The molecule has 0 N–H and O–H groups in total. The maximum absolute atomic E-state index is 5.78. The molecule has 0 nitrogen and oxygen atoms in total. The molecule has 0 aliphatic carbocycles. The second-order valence-corrected chi connectivity index (χ2v) is 15.3. The molecule has 0 aromatic heterocycles. The van der Waals surface area contributed by atoms with Gasteiger partial charge in [0.15, 0.2) is 0 Å². The van der Waals surface area contributed by atoms with Crippen molar-refractivity contribution in [2.24, 2.45) is 0 Å². The summed E-state index contributed by atoms with van der Waals surface area (Å²) in [7, 11) is 0. The Hall–Kier alpha value is -3.38. The Morgan fingerprint density at radius 2 is 1.14 bits per heavy atom. The quantitative estimate of drug-likeness (QED) is 0.177. The minimum Gasteiger partial charge on any atom is -0.0622 e. The molecule has 0 bridgehead atoms. The van der Waals surface area contributed by atoms with Crippen LogP contribution >= 0.6 is 18.7 Å². The second-order valence-electron chi connectivity index (χ2n) is 10.1. The van der Waals surface area contributed by atoms with Crippen molar-refractivity contribution in [2.75, 3.05) is 0 Å². The van der Waals surface area contributed by atoms with Crippen molar-refractivity contribution in [3.05, 3.63) is 150 Å². The van der Waals surface area contributed by atoms with Crippen molar-refractivity contribution in [2.45, 2.75) is 18.2 Å². The molecule has 2 heteroatoms. The molecule has 1 heterocycles. The summed E-state index contributed by atoms with van der Waals surface area (Å²) in [6.45, 7) is -1.96. The zero-order valence-electron chi connectivity index (χ0n) is 20.6. The molecule has 0 radical (unpaired) electrons. The highest BCUT2D eigenvalue weighted by molar-refractivity contribution is 8.55. The van der Waals surface area contributed by atoms with E-state index in [-0.39, 0.29) is 0 Å². The summed E-state index contributed by atoms with van der Waals surface area (Å²) in [5.41, 5.74) is 7.32. The minimum absolute atomic E-state index is 0.298. The van der Waals surface area contributed by atoms with Crippen molar-refractivity contribution in [3.63, 3.8) is 0 Å². The zero-order valence-corrected chi connectivity index (χ0v) is 22.4. The van der Waals surface area contributed by atoms with E-state index in [1.807, 2.05) is 0 Å². The lowest BCUT2D eigenvalue weighted by atomic mass is 9.86. The molecule has 37 heavy (non-hydrogen) atoms. The molecule has 0 saturated carbocycles. The Bertz CT molecular complexity index is 1740. The fourth-order valence-electron chi connectivity index (χ4n) is 6.24. The first-order valence-electron chi connectivity index (χ1n) is 12.9. The summed E-state index contributed by atoms with van der Waals surface area (Å²) < 4.78 is 0. The number of fused-ring (bicyclic) bond motifs is 7. The van der Waals surface area contributed by atoms with Crippen LogP contribution in [0.15, 0.2) is 133 Å². The normalized spacial score (nSPS) is 18.8. The summed E-state index contributed by atoms with van der Waals surface area (Å²) in [5, 5.41) is 6.66. The van der Waals surface area contributed by atoms with Gasteiger partial charge in [-0.2, -0.15) is 0 Å². The van der Waals surface area contributed by atoms with E-state index in [0.29, 0.717) is 5.66 Å². The third-order valence-corrected chi connectivity index (χ3v) is 13.4. The van der Waals surface area contributed by atoms with Gasteiger partial charge in [-0.1, -0.05) is 121 Å². The monoisotopic (exact) mass is 511 g/mol. The van der Waals surface area contributed by atoms with E-state index >= 15 is 0 Å². The second kappa shape index (κ2) is 9.18. The lowest BCUT2D eigenvalue weighted by molar-refractivity contribution is 0.920. The number of hydrogen-bond donors (Lipinski definition) is 1. The van der Waals surface area contributed by atoms with Crippen LogP contribution in [0.1, 0.15) is 22.3 Å². The van der Waals surface area contributed by atoms with E-state index < -0.39 is 6.46 Å². The molecule has 1 aliphatic heterocycles. The van der Waals surface area contributed by atoms with Crippen LogP contribution in [0, 0.1) is 0 Å². The fraction of sp³-hybridized carbons (Fsp3) is 0.0857. The van der Waals surface area contributed by atoms with Crippen LogP contribution < -0.4 is 5.30 Å². The summed E-state index contributed by atoms with van der Waals surface area (Å²) in [5.74, 6) is 0. The number of hydrogen-bond acceptors (Lipinski definition) is 1. The van der Waals surface area contributed by atoms with Gasteiger partial charge in [0.1, 0.15) is 23.6 Å². The Kier molecular flexibility index (Phi) is 5.65. The van der Waals surface area contributed by atoms with Gasteiger partial charge in [-0.3, -0.25) is 0 Å². The van der Waals surface area contributed by atoms with E-state index in [2.05, 4.69) is 133 Å². The summed E-state index contributed by atoms with van der Waals surface area (Å²) >= 11 is 5.78. The summed E-state index contributed by atoms with van der Waals surface area (Å²) in [6, 6.07) is 49.3. The van der Waals surface area contributed by atoms with Crippen LogP contribution in [-0.2, 0) is 12.6 Å². The van der Waals surface area contributed by atoms with Gasteiger partial charge in [-0.15, -0.1) is 0 Å². The Morgan fingerprint density at radius 1 is 0.568 bits per heavy atom. The van der Waals surface area contributed by atoms with Crippen LogP contribution in [-0.4, -0.2) is 0 Å². The van der Waals surface area contributed by atoms with Crippen LogP contribution in [0.4, 0.5) is 0 Å². The van der Waals surface area contributed by atoms with Crippen molar-refractivity contribution >= 4 is 45.6 Å². The first-order chi connectivity index (χ1) is 18.2.